The quantitative estimate of drug-likeness (QED) is 0.572. The second kappa shape index (κ2) is 5.46. The summed E-state index contributed by atoms with van der Waals surface area (Å²) >= 11 is 0. The molecule has 0 aliphatic carbocycles. The lowest BCUT2D eigenvalue weighted by Crippen LogP contribution is -2.16. The Morgan fingerprint density at radius 2 is 1.83 bits per heavy atom. The molecule has 0 radical (unpaired) electrons. The van der Waals surface area contributed by atoms with Crippen LogP contribution in [0.15, 0.2) is 53.6 Å². The number of benzene rings is 2. The van der Waals surface area contributed by atoms with Gasteiger partial charge in [-0.1, -0.05) is 30.3 Å². The average molecular weight is 340 g/mol. The van der Waals surface area contributed by atoms with Gasteiger partial charge in [0.25, 0.3) is 10.0 Å². The molecular formula is C19H20N2O2S. The molecule has 0 unspecified atom stereocenters. The van der Waals surface area contributed by atoms with E-state index in [1.807, 2.05) is 50.5 Å². The molecule has 5 heteroatoms. The lowest BCUT2D eigenvalue weighted by atomic mass is 10.0. The van der Waals surface area contributed by atoms with Crippen LogP contribution in [0.4, 0.5) is 0 Å². The molecule has 0 saturated heterocycles. The van der Waals surface area contributed by atoms with Crippen molar-refractivity contribution in [2.75, 3.05) is 20.6 Å². The normalized spacial score (nSPS) is 15.0. The van der Waals surface area contributed by atoms with Crippen molar-refractivity contribution in [3.8, 4) is 11.1 Å². The second-order valence-corrected chi connectivity index (χ2v) is 8.38. The highest BCUT2D eigenvalue weighted by Gasteiger charge is 2.30. The van der Waals surface area contributed by atoms with Crippen LogP contribution in [-0.4, -0.2) is 37.9 Å². The molecule has 0 spiro atoms. The molecule has 2 aromatic carbocycles. The fourth-order valence-corrected chi connectivity index (χ4v) is 5.06. The molecule has 2 bridgehead atoms. The van der Waals surface area contributed by atoms with Crippen LogP contribution in [-0.2, 0) is 16.4 Å². The van der Waals surface area contributed by atoms with E-state index in [2.05, 4.69) is 11.0 Å². The van der Waals surface area contributed by atoms with Gasteiger partial charge in [-0.3, -0.25) is 0 Å². The molecule has 124 valence electrons. The molecule has 3 aromatic rings. The number of hydrogen-bond donors (Lipinski definition) is 0. The van der Waals surface area contributed by atoms with E-state index in [9.17, 15) is 8.42 Å². The molecule has 0 saturated carbocycles. The van der Waals surface area contributed by atoms with Gasteiger partial charge in [-0.25, -0.2) is 12.4 Å². The van der Waals surface area contributed by atoms with Gasteiger partial charge >= 0.3 is 0 Å². The van der Waals surface area contributed by atoms with Gasteiger partial charge in [0.2, 0.25) is 0 Å². The second-order valence-electron chi connectivity index (χ2n) is 6.60. The molecule has 1 aromatic heterocycles. The van der Waals surface area contributed by atoms with Crippen molar-refractivity contribution < 1.29 is 8.42 Å². The smallest absolute Gasteiger partial charge is 0.268 e. The summed E-state index contributed by atoms with van der Waals surface area (Å²) in [7, 11) is 0.573. The number of rotatable bonds is 4. The van der Waals surface area contributed by atoms with Gasteiger partial charge in [0, 0.05) is 22.7 Å². The Labute approximate surface area is 142 Å². The third-order valence-corrected chi connectivity index (χ3v) is 6.34. The zero-order valence-corrected chi connectivity index (χ0v) is 14.7. The summed E-state index contributed by atoms with van der Waals surface area (Å²) in [5, 5.41) is 0.986. The standard InChI is InChI=1S/C19H20N2O2S/c1-20(2)11-5-6-14-9-10-16-17-13-21(24(22,23)19(16)12-14)18-8-4-3-7-15(17)18/h3-4,7-10,12-13H,5-6,11H2,1-2H3. The minimum Gasteiger partial charge on any atom is -0.309 e. The highest BCUT2D eigenvalue weighted by atomic mass is 32.2. The molecule has 0 N–H and O–H groups in total. The summed E-state index contributed by atoms with van der Waals surface area (Å²) < 4.78 is 27.5. The van der Waals surface area contributed by atoms with Crippen molar-refractivity contribution >= 4 is 20.9 Å². The minimum atomic E-state index is -3.52. The van der Waals surface area contributed by atoms with E-state index in [-0.39, 0.29) is 0 Å². The number of aryl methyl sites for hydroxylation is 1. The van der Waals surface area contributed by atoms with E-state index in [0.717, 1.165) is 47.0 Å². The average Bonchev–Trinajstić information content (AvgIpc) is 2.91. The van der Waals surface area contributed by atoms with Crippen LogP contribution in [0.3, 0.4) is 0 Å². The van der Waals surface area contributed by atoms with E-state index >= 15 is 0 Å². The third-order valence-electron chi connectivity index (χ3n) is 4.62. The SMILES string of the molecule is CN(C)CCCc1ccc2c(c1)S(=O)(=O)n1cc-2c2ccccc21. The zero-order chi connectivity index (χ0) is 16.9. The van der Waals surface area contributed by atoms with Crippen molar-refractivity contribution in [1.29, 1.82) is 0 Å². The van der Waals surface area contributed by atoms with E-state index < -0.39 is 10.0 Å². The van der Waals surface area contributed by atoms with Crippen LogP contribution < -0.4 is 0 Å². The molecule has 0 atom stereocenters. The fraction of sp³-hybridized carbons (Fsp3) is 0.263. The van der Waals surface area contributed by atoms with Gasteiger partial charge in [-0.15, -0.1) is 0 Å². The summed E-state index contributed by atoms with van der Waals surface area (Å²) in [5.74, 6) is 0. The Hall–Kier alpha value is -2.11. The lowest BCUT2D eigenvalue weighted by Gasteiger charge is -2.16. The predicted octanol–water partition coefficient (Wildman–Crippen LogP) is 3.35. The molecular weight excluding hydrogens is 320 g/mol. The lowest BCUT2D eigenvalue weighted by molar-refractivity contribution is 0.400. The van der Waals surface area contributed by atoms with Gasteiger partial charge in [-0.05, 0) is 51.2 Å². The maximum Gasteiger partial charge on any atom is 0.268 e. The van der Waals surface area contributed by atoms with Crippen LogP contribution >= 0.6 is 0 Å². The number of fused-ring (bicyclic) bond motifs is 7. The van der Waals surface area contributed by atoms with Gasteiger partial charge < -0.3 is 4.90 Å². The predicted molar refractivity (Wildman–Crippen MR) is 96.8 cm³/mol. The van der Waals surface area contributed by atoms with E-state index in [0.29, 0.717) is 4.90 Å². The molecule has 24 heavy (non-hydrogen) atoms. The number of hydrogen-bond acceptors (Lipinski definition) is 3. The number of para-hydroxylation sites is 1. The topological polar surface area (TPSA) is 42.3 Å². The molecule has 4 rings (SSSR count). The Morgan fingerprint density at radius 3 is 2.62 bits per heavy atom. The first-order chi connectivity index (χ1) is 11.5. The van der Waals surface area contributed by atoms with Gasteiger partial charge in [0.05, 0.1) is 10.4 Å². The Morgan fingerprint density at radius 1 is 1.04 bits per heavy atom. The van der Waals surface area contributed by atoms with Crippen molar-refractivity contribution in [2.24, 2.45) is 0 Å². The molecule has 2 heterocycles. The van der Waals surface area contributed by atoms with Crippen molar-refractivity contribution in [2.45, 2.75) is 17.7 Å². The number of aromatic nitrogens is 1. The molecule has 4 nitrogen and oxygen atoms in total. The molecule has 1 aliphatic heterocycles. The van der Waals surface area contributed by atoms with Crippen molar-refractivity contribution in [3.63, 3.8) is 0 Å². The van der Waals surface area contributed by atoms with Crippen LogP contribution in [0.5, 0.6) is 0 Å². The summed E-state index contributed by atoms with van der Waals surface area (Å²) in [5.41, 5.74) is 3.63. The highest BCUT2D eigenvalue weighted by molar-refractivity contribution is 7.90. The Bertz CT molecular complexity index is 1030. The van der Waals surface area contributed by atoms with E-state index in [4.69, 9.17) is 0 Å². The Balaban J connectivity index is 1.83. The largest absolute Gasteiger partial charge is 0.309 e. The molecule has 0 amide bonds. The van der Waals surface area contributed by atoms with Crippen LogP contribution in [0, 0.1) is 0 Å². The van der Waals surface area contributed by atoms with Crippen LogP contribution in [0.1, 0.15) is 12.0 Å². The van der Waals surface area contributed by atoms with Crippen LogP contribution in [0.25, 0.3) is 22.0 Å². The fourth-order valence-electron chi connectivity index (χ4n) is 3.43. The first kappa shape index (κ1) is 15.4. The minimum absolute atomic E-state index is 0.429. The first-order valence-corrected chi connectivity index (χ1v) is 9.56. The Kier molecular flexibility index (Phi) is 3.51. The van der Waals surface area contributed by atoms with Gasteiger partial charge in [0.1, 0.15) is 0 Å². The monoisotopic (exact) mass is 340 g/mol. The molecule has 0 fully saturated rings. The third kappa shape index (κ3) is 2.27. The summed E-state index contributed by atoms with van der Waals surface area (Å²) in [6.07, 6.45) is 3.64. The van der Waals surface area contributed by atoms with Gasteiger partial charge in [0.15, 0.2) is 0 Å². The summed E-state index contributed by atoms with van der Waals surface area (Å²) in [4.78, 5) is 2.57. The van der Waals surface area contributed by atoms with Crippen molar-refractivity contribution in [1.82, 2.24) is 8.87 Å². The zero-order valence-electron chi connectivity index (χ0n) is 13.9. The highest BCUT2D eigenvalue weighted by Crippen LogP contribution is 2.41. The number of nitrogens with zero attached hydrogens (tertiary/aromatic N) is 2. The van der Waals surface area contributed by atoms with Crippen LogP contribution in [0.2, 0.25) is 0 Å². The maximum atomic E-state index is 13.0. The first-order valence-electron chi connectivity index (χ1n) is 8.12. The van der Waals surface area contributed by atoms with E-state index in [1.54, 1.807) is 6.20 Å². The van der Waals surface area contributed by atoms with E-state index in [1.165, 1.54) is 3.97 Å². The van der Waals surface area contributed by atoms with Crippen molar-refractivity contribution in [3.05, 3.63) is 54.2 Å². The molecule has 1 aliphatic rings. The summed E-state index contributed by atoms with van der Waals surface area (Å²) in [6.45, 7) is 0.993. The maximum absolute atomic E-state index is 13.0. The van der Waals surface area contributed by atoms with Gasteiger partial charge in [-0.2, -0.15) is 0 Å². The summed E-state index contributed by atoms with van der Waals surface area (Å²) in [6, 6.07) is 13.5.